The molecule has 0 bridgehead atoms. The van der Waals surface area contributed by atoms with Gasteiger partial charge in [0, 0.05) is 23.2 Å². The average molecular weight is 398 g/mol. The van der Waals surface area contributed by atoms with Gasteiger partial charge >= 0.3 is 0 Å². The molecule has 0 saturated heterocycles. The maximum absolute atomic E-state index is 14.6. The van der Waals surface area contributed by atoms with Crippen LogP contribution in [0.15, 0.2) is 46.0 Å². The van der Waals surface area contributed by atoms with Crippen LogP contribution in [-0.2, 0) is 0 Å². The van der Waals surface area contributed by atoms with Crippen LogP contribution in [0.2, 0.25) is 0 Å². The summed E-state index contributed by atoms with van der Waals surface area (Å²) in [6.07, 6.45) is 1.27. The number of benzene rings is 1. The molecule has 0 amide bonds. The van der Waals surface area contributed by atoms with Gasteiger partial charge in [-0.3, -0.25) is 10.5 Å². The average Bonchev–Trinajstić information content (AvgIpc) is 3.38. The van der Waals surface area contributed by atoms with Crippen molar-refractivity contribution in [3.63, 3.8) is 0 Å². The number of hydrogen-bond acceptors (Lipinski definition) is 5. The summed E-state index contributed by atoms with van der Waals surface area (Å²) in [5.41, 5.74) is 7.41. The standard InChI is InChI=1S/C19H16F2N6O2/c1-9-5-10-12(24-9)6-11(20)19(18(10)21)29-16(23)8-15(22)25-17-7-13(26-27-17)14-3-2-4-28-14/h2-7,23-24H,8H2,1H3,(H3,22,25,26,27). The Balaban J connectivity index is 1.48. The first-order valence-corrected chi connectivity index (χ1v) is 8.55. The lowest BCUT2D eigenvalue weighted by Crippen LogP contribution is -2.20. The second kappa shape index (κ2) is 7.23. The number of aliphatic imine (C=N–C) groups is 1. The highest BCUT2D eigenvalue weighted by Gasteiger charge is 2.19. The van der Waals surface area contributed by atoms with Gasteiger partial charge in [-0.1, -0.05) is 0 Å². The van der Waals surface area contributed by atoms with Gasteiger partial charge in [-0.05, 0) is 25.1 Å². The van der Waals surface area contributed by atoms with Crippen LogP contribution in [0.1, 0.15) is 12.1 Å². The Morgan fingerprint density at radius 1 is 1.34 bits per heavy atom. The number of ether oxygens (including phenoxy) is 1. The monoisotopic (exact) mass is 398 g/mol. The van der Waals surface area contributed by atoms with Gasteiger partial charge in [0.2, 0.25) is 5.75 Å². The fraction of sp³-hybridized carbons (Fsp3) is 0.105. The number of aryl methyl sites for hydroxylation is 1. The molecule has 0 unspecified atom stereocenters. The van der Waals surface area contributed by atoms with Crippen molar-refractivity contribution in [1.82, 2.24) is 15.2 Å². The van der Waals surface area contributed by atoms with Crippen molar-refractivity contribution in [3.8, 4) is 17.2 Å². The topological polar surface area (TPSA) is 129 Å². The molecule has 8 nitrogen and oxygen atoms in total. The number of H-pyrrole nitrogens is 2. The van der Waals surface area contributed by atoms with E-state index in [1.165, 1.54) is 12.3 Å². The summed E-state index contributed by atoms with van der Waals surface area (Å²) in [6, 6.07) is 7.74. The summed E-state index contributed by atoms with van der Waals surface area (Å²) < 4.78 is 39.1. The molecule has 3 heterocycles. The van der Waals surface area contributed by atoms with E-state index < -0.39 is 23.3 Å². The normalized spacial score (nSPS) is 11.9. The number of nitrogens with two attached hydrogens (primary N) is 1. The van der Waals surface area contributed by atoms with Crippen molar-refractivity contribution in [1.29, 1.82) is 5.41 Å². The molecule has 0 radical (unpaired) electrons. The molecular formula is C19H16F2N6O2. The number of fused-ring (bicyclic) bond motifs is 1. The Bertz CT molecular complexity index is 1220. The number of halogens is 2. The number of rotatable bonds is 5. The lowest BCUT2D eigenvalue weighted by atomic mass is 10.2. The fourth-order valence-corrected chi connectivity index (χ4v) is 2.86. The minimum atomic E-state index is -0.924. The van der Waals surface area contributed by atoms with Gasteiger partial charge in [0.15, 0.2) is 29.1 Å². The molecule has 0 aliphatic heterocycles. The lowest BCUT2D eigenvalue weighted by Gasteiger charge is -2.09. The molecule has 4 rings (SSSR count). The van der Waals surface area contributed by atoms with Crippen LogP contribution < -0.4 is 10.5 Å². The van der Waals surface area contributed by atoms with Crippen molar-refractivity contribution in [2.24, 2.45) is 10.7 Å². The van der Waals surface area contributed by atoms with Crippen LogP contribution >= 0.6 is 0 Å². The second-order valence-electron chi connectivity index (χ2n) is 6.34. The molecule has 148 valence electrons. The van der Waals surface area contributed by atoms with E-state index in [-0.39, 0.29) is 23.5 Å². The Morgan fingerprint density at radius 3 is 2.93 bits per heavy atom. The van der Waals surface area contributed by atoms with Gasteiger partial charge < -0.3 is 19.9 Å². The Labute approximate surface area is 162 Å². The number of aromatic nitrogens is 3. The zero-order valence-corrected chi connectivity index (χ0v) is 15.2. The van der Waals surface area contributed by atoms with E-state index >= 15 is 0 Å². The van der Waals surface area contributed by atoms with Crippen molar-refractivity contribution < 1.29 is 17.9 Å². The molecule has 0 atom stereocenters. The van der Waals surface area contributed by atoms with Crippen LogP contribution in [0.5, 0.6) is 5.75 Å². The lowest BCUT2D eigenvalue weighted by molar-refractivity contribution is 0.445. The van der Waals surface area contributed by atoms with Crippen molar-refractivity contribution in [2.45, 2.75) is 13.3 Å². The first-order chi connectivity index (χ1) is 13.9. The van der Waals surface area contributed by atoms with Gasteiger partial charge in [0.25, 0.3) is 0 Å². The summed E-state index contributed by atoms with van der Waals surface area (Å²) >= 11 is 0. The van der Waals surface area contributed by atoms with Crippen LogP contribution in [-0.4, -0.2) is 26.9 Å². The van der Waals surface area contributed by atoms with Crippen molar-refractivity contribution in [2.75, 3.05) is 0 Å². The van der Waals surface area contributed by atoms with Crippen LogP contribution in [0.3, 0.4) is 0 Å². The van der Waals surface area contributed by atoms with Crippen LogP contribution in [0.4, 0.5) is 14.6 Å². The maximum Gasteiger partial charge on any atom is 0.201 e. The Hall–Kier alpha value is -3.95. The molecule has 5 N–H and O–H groups in total. The fourth-order valence-electron chi connectivity index (χ4n) is 2.86. The molecule has 0 aliphatic rings. The third kappa shape index (κ3) is 3.72. The maximum atomic E-state index is 14.6. The number of nitrogens with zero attached hydrogens (tertiary/aromatic N) is 2. The number of amidine groups is 1. The molecule has 4 aromatic rings. The molecule has 0 aliphatic carbocycles. The second-order valence-corrected chi connectivity index (χ2v) is 6.34. The molecule has 29 heavy (non-hydrogen) atoms. The van der Waals surface area contributed by atoms with Gasteiger partial charge in [-0.2, -0.15) is 5.10 Å². The predicted octanol–water partition coefficient (Wildman–Crippen LogP) is 4.17. The number of furan rings is 1. The summed E-state index contributed by atoms with van der Waals surface area (Å²) in [7, 11) is 0. The molecule has 10 heteroatoms. The number of hydrogen-bond donors (Lipinski definition) is 4. The van der Waals surface area contributed by atoms with E-state index in [1.54, 1.807) is 25.1 Å². The smallest absolute Gasteiger partial charge is 0.201 e. The zero-order valence-electron chi connectivity index (χ0n) is 15.2. The van der Waals surface area contributed by atoms with Gasteiger partial charge in [0.1, 0.15) is 11.5 Å². The third-order valence-electron chi connectivity index (χ3n) is 4.08. The van der Waals surface area contributed by atoms with E-state index in [0.29, 0.717) is 22.7 Å². The SMILES string of the molecule is Cc1cc2c(F)c(OC(=N)CC(N)=Nc3cc(-c4ccco4)[nH]n3)c(F)cc2[nH]1. The van der Waals surface area contributed by atoms with Gasteiger partial charge in [0.05, 0.1) is 18.2 Å². The van der Waals surface area contributed by atoms with E-state index in [9.17, 15) is 8.78 Å². The third-order valence-corrected chi connectivity index (χ3v) is 4.08. The van der Waals surface area contributed by atoms with Crippen LogP contribution in [0, 0.1) is 24.0 Å². The van der Waals surface area contributed by atoms with Gasteiger partial charge in [-0.25, -0.2) is 13.8 Å². The molecule has 0 saturated carbocycles. The summed E-state index contributed by atoms with van der Waals surface area (Å²) in [6.45, 7) is 1.73. The van der Waals surface area contributed by atoms with Crippen molar-refractivity contribution in [3.05, 3.63) is 53.9 Å². The van der Waals surface area contributed by atoms with Crippen LogP contribution in [0.25, 0.3) is 22.4 Å². The summed E-state index contributed by atoms with van der Waals surface area (Å²) in [4.78, 5) is 6.91. The van der Waals surface area contributed by atoms with E-state index in [1.807, 2.05) is 0 Å². The highest BCUT2D eigenvalue weighted by molar-refractivity contribution is 5.99. The molecule has 1 aromatic carbocycles. The highest BCUT2D eigenvalue weighted by atomic mass is 19.1. The highest BCUT2D eigenvalue weighted by Crippen LogP contribution is 2.30. The predicted molar refractivity (Wildman–Crippen MR) is 103 cm³/mol. The summed E-state index contributed by atoms with van der Waals surface area (Å²) in [5.74, 6) is -2.09. The first kappa shape index (κ1) is 18.4. The minimum absolute atomic E-state index is 0.00752. The largest absolute Gasteiger partial charge is 0.463 e. The quantitative estimate of drug-likeness (QED) is 0.297. The van der Waals surface area contributed by atoms with E-state index in [2.05, 4.69) is 20.2 Å². The number of nitrogens with one attached hydrogen (secondary N) is 3. The van der Waals surface area contributed by atoms with Gasteiger partial charge in [-0.15, -0.1) is 0 Å². The molecule has 3 aromatic heterocycles. The molecular weight excluding hydrogens is 382 g/mol. The molecule has 0 fully saturated rings. The van der Waals surface area contributed by atoms with Crippen molar-refractivity contribution >= 4 is 28.5 Å². The Kier molecular flexibility index (Phi) is 4.59. The number of aromatic amines is 2. The molecule has 0 spiro atoms. The summed E-state index contributed by atoms with van der Waals surface area (Å²) in [5, 5.41) is 14.8. The van der Waals surface area contributed by atoms with E-state index in [4.69, 9.17) is 20.3 Å². The minimum Gasteiger partial charge on any atom is -0.463 e. The Morgan fingerprint density at radius 2 is 2.17 bits per heavy atom. The van der Waals surface area contributed by atoms with E-state index in [0.717, 1.165) is 6.07 Å². The first-order valence-electron chi connectivity index (χ1n) is 8.55. The zero-order chi connectivity index (χ0) is 20.5.